The van der Waals surface area contributed by atoms with Crippen LogP contribution in [0.1, 0.15) is 24.8 Å². The summed E-state index contributed by atoms with van der Waals surface area (Å²) in [4.78, 5) is 35.4. The summed E-state index contributed by atoms with van der Waals surface area (Å²) in [7, 11) is 0. The minimum absolute atomic E-state index is 0.187. The number of hydrogen-bond acceptors (Lipinski definition) is 6. The number of hydrogen-bond donors (Lipinski definition) is 0. The van der Waals surface area contributed by atoms with E-state index in [-0.39, 0.29) is 23.8 Å². The van der Waals surface area contributed by atoms with Crippen LogP contribution in [0.2, 0.25) is 0 Å². The average molecular weight is 490 g/mol. The van der Waals surface area contributed by atoms with Gasteiger partial charge in [-0.05, 0) is 61.6 Å². The maximum atomic E-state index is 13.6. The Kier molecular flexibility index (Phi) is 5.56. The maximum absolute atomic E-state index is 13.6. The van der Waals surface area contributed by atoms with Crippen LogP contribution < -0.4 is 15.4 Å². The molecule has 0 radical (unpaired) electrons. The van der Waals surface area contributed by atoms with Crippen molar-refractivity contribution in [2.45, 2.75) is 32.2 Å². The topological polar surface area (TPSA) is 71.3 Å². The van der Waals surface area contributed by atoms with E-state index < -0.39 is 0 Å². The molecule has 7 nitrogen and oxygen atoms in total. The van der Waals surface area contributed by atoms with Crippen molar-refractivity contribution >= 4 is 38.3 Å². The second kappa shape index (κ2) is 8.88. The Labute approximate surface area is 205 Å². The number of halogens is 1. The first-order chi connectivity index (χ1) is 17.1. The molecule has 0 atom stereocenters. The minimum Gasteiger partial charge on any atom is -0.348 e. The first kappa shape index (κ1) is 21.9. The summed E-state index contributed by atoms with van der Waals surface area (Å²) in [6.45, 7) is 2.22. The number of benzene rings is 2. The highest BCUT2D eigenvalue weighted by atomic mass is 32.1. The van der Waals surface area contributed by atoms with E-state index >= 15 is 0 Å². The number of fused-ring (bicyclic) bond motifs is 2. The third-order valence-electron chi connectivity index (χ3n) is 6.68. The lowest BCUT2D eigenvalue weighted by atomic mass is 10.0. The number of aryl methyl sites for hydroxylation is 1. The Bertz CT molecular complexity index is 1470. The van der Waals surface area contributed by atoms with Gasteiger partial charge in [0.15, 0.2) is 10.6 Å². The zero-order valence-corrected chi connectivity index (χ0v) is 19.9. The lowest BCUT2D eigenvalue weighted by Gasteiger charge is -2.29. The SMILES string of the molecule is O=C(Cn1nc(-c2ccc(F)cc2)c2sc(N3CCCC3)nc2c1=O)N1CCCc2ccccc21. The van der Waals surface area contributed by atoms with Gasteiger partial charge in [-0.15, -0.1) is 0 Å². The van der Waals surface area contributed by atoms with E-state index in [9.17, 15) is 14.0 Å². The summed E-state index contributed by atoms with van der Waals surface area (Å²) in [5, 5.41) is 5.40. The van der Waals surface area contributed by atoms with Crippen molar-refractivity contribution in [3.63, 3.8) is 0 Å². The van der Waals surface area contributed by atoms with Gasteiger partial charge in [-0.1, -0.05) is 29.5 Å². The van der Waals surface area contributed by atoms with Crippen LogP contribution in [0.3, 0.4) is 0 Å². The Morgan fingerprint density at radius 2 is 1.77 bits per heavy atom. The van der Waals surface area contributed by atoms with Crippen LogP contribution in [0, 0.1) is 5.82 Å². The highest BCUT2D eigenvalue weighted by Crippen LogP contribution is 2.35. The Morgan fingerprint density at radius 3 is 2.57 bits per heavy atom. The number of carbonyl (C=O) groups is 1. The van der Waals surface area contributed by atoms with Crippen molar-refractivity contribution in [1.82, 2.24) is 14.8 Å². The van der Waals surface area contributed by atoms with Crippen LogP contribution >= 0.6 is 11.3 Å². The molecule has 1 fully saturated rings. The third kappa shape index (κ3) is 3.99. The molecule has 0 unspecified atom stereocenters. The number of rotatable bonds is 4. The highest BCUT2D eigenvalue weighted by molar-refractivity contribution is 7.22. The van der Waals surface area contributed by atoms with Gasteiger partial charge in [0, 0.05) is 30.9 Å². The Balaban J connectivity index is 1.44. The molecule has 4 heterocycles. The van der Waals surface area contributed by atoms with Crippen LogP contribution in [-0.2, 0) is 17.8 Å². The second-order valence-electron chi connectivity index (χ2n) is 8.96. The standard InChI is InChI=1S/C26H24FN5O2S/c27-19-11-9-18(10-12-19)22-24-23(28-26(35-24)30-13-3-4-14-30)25(34)32(29-22)16-21(33)31-15-5-7-17-6-1-2-8-20(17)31/h1-2,6,8-12H,3-5,7,13-16H2. The molecule has 6 rings (SSSR count). The largest absolute Gasteiger partial charge is 0.348 e. The molecule has 2 aromatic carbocycles. The van der Waals surface area contributed by atoms with E-state index in [2.05, 4.69) is 15.0 Å². The first-order valence-electron chi connectivity index (χ1n) is 11.9. The molecule has 4 aromatic rings. The van der Waals surface area contributed by atoms with Crippen LogP contribution in [0.25, 0.3) is 21.5 Å². The van der Waals surface area contributed by atoms with Gasteiger partial charge in [0.2, 0.25) is 5.91 Å². The quantitative estimate of drug-likeness (QED) is 0.429. The fraction of sp³-hybridized carbons (Fsp3) is 0.308. The van der Waals surface area contributed by atoms with Gasteiger partial charge in [0.05, 0.1) is 4.70 Å². The molecule has 178 valence electrons. The van der Waals surface area contributed by atoms with Gasteiger partial charge >= 0.3 is 0 Å². The molecule has 2 aromatic heterocycles. The average Bonchev–Trinajstić information content (AvgIpc) is 3.57. The molecule has 35 heavy (non-hydrogen) atoms. The number of anilines is 2. The van der Waals surface area contributed by atoms with Crippen LogP contribution in [0.5, 0.6) is 0 Å². The highest BCUT2D eigenvalue weighted by Gasteiger charge is 2.26. The first-order valence-corrected chi connectivity index (χ1v) is 12.7. The van der Waals surface area contributed by atoms with E-state index in [4.69, 9.17) is 0 Å². The molecule has 0 spiro atoms. The van der Waals surface area contributed by atoms with Crippen LogP contribution in [-0.4, -0.2) is 40.3 Å². The summed E-state index contributed by atoms with van der Waals surface area (Å²) in [6, 6.07) is 13.9. The Morgan fingerprint density at radius 1 is 1.00 bits per heavy atom. The molecular weight excluding hydrogens is 465 g/mol. The molecule has 1 amide bonds. The molecule has 1 saturated heterocycles. The number of thiazole rings is 1. The lowest BCUT2D eigenvalue weighted by Crippen LogP contribution is -2.40. The molecule has 0 bridgehead atoms. The van der Waals surface area contributed by atoms with Crippen molar-refractivity contribution in [1.29, 1.82) is 0 Å². The van der Waals surface area contributed by atoms with E-state index in [1.165, 1.54) is 28.2 Å². The molecule has 9 heteroatoms. The summed E-state index contributed by atoms with van der Waals surface area (Å²) >= 11 is 1.43. The second-order valence-corrected chi connectivity index (χ2v) is 9.94. The van der Waals surface area contributed by atoms with Gasteiger partial charge in [0.25, 0.3) is 5.56 Å². The fourth-order valence-corrected chi connectivity index (χ4v) is 6.02. The van der Waals surface area contributed by atoms with Gasteiger partial charge in [-0.25, -0.2) is 14.1 Å². The molecule has 0 N–H and O–H groups in total. The summed E-state index contributed by atoms with van der Waals surface area (Å²) in [5.74, 6) is -0.537. The number of amides is 1. The van der Waals surface area contributed by atoms with Crippen molar-refractivity contribution in [3.8, 4) is 11.3 Å². The number of aromatic nitrogens is 3. The zero-order valence-electron chi connectivity index (χ0n) is 19.1. The van der Waals surface area contributed by atoms with Crippen LogP contribution in [0.15, 0.2) is 53.3 Å². The van der Waals surface area contributed by atoms with Gasteiger partial charge in [-0.3, -0.25) is 9.59 Å². The van der Waals surface area contributed by atoms with Gasteiger partial charge in [0.1, 0.15) is 18.1 Å². The maximum Gasteiger partial charge on any atom is 0.294 e. The number of para-hydroxylation sites is 1. The predicted molar refractivity (Wildman–Crippen MR) is 136 cm³/mol. The molecular formula is C26H24FN5O2S. The normalized spacial score (nSPS) is 15.6. The van der Waals surface area contributed by atoms with E-state index in [0.29, 0.717) is 28.0 Å². The summed E-state index contributed by atoms with van der Waals surface area (Å²) < 4.78 is 15.5. The number of nitrogens with zero attached hydrogens (tertiary/aromatic N) is 5. The summed E-state index contributed by atoms with van der Waals surface area (Å²) in [5.41, 5.74) is 3.16. The smallest absolute Gasteiger partial charge is 0.294 e. The molecule has 0 saturated carbocycles. The predicted octanol–water partition coefficient (Wildman–Crippen LogP) is 4.24. The minimum atomic E-state index is -0.383. The van der Waals surface area contributed by atoms with E-state index in [0.717, 1.165) is 55.2 Å². The van der Waals surface area contributed by atoms with Crippen molar-refractivity contribution < 1.29 is 9.18 Å². The van der Waals surface area contributed by atoms with Crippen molar-refractivity contribution in [2.75, 3.05) is 29.4 Å². The third-order valence-corrected chi connectivity index (χ3v) is 7.80. The van der Waals surface area contributed by atoms with Crippen molar-refractivity contribution in [3.05, 3.63) is 70.3 Å². The fourth-order valence-electron chi connectivity index (χ4n) is 4.90. The van der Waals surface area contributed by atoms with E-state index in [1.807, 2.05) is 24.3 Å². The molecule has 2 aliphatic heterocycles. The zero-order chi connectivity index (χ0) is 23.9. The summed E-state index contributed by atoms with van der Waals surface area (Å²) in [6.07, 6.45) is 3.98. The molecule has 0 aliphatic carbocycles. The van der Waals surface area contributed by atoms with Crippen molar-refractivity contribution in [2.24, 2.45) is 0 Å². The van der Waals surface area contributed by atoms with Crippen LogP contribution in [0.4, 0.5) is 15.2 Å². The Hall–Kier alpha value is -3.59. The monoisotopic (exact) mass is 489 g/mol. The number of carbonyl (C=O) groups excluding carboxylic acids is 1. The molecule has 2 aliphatic rings. The van der Waals surface area contributed by atoms with Gasteiger partial charge < -0.3 is 9.80 Å². The van der Waals surface area contributed by atoms with Gasteiger partial charge in [-0.2, -0.15) is 5.10 Å². The lowest BCUT2D eigenvalue weighted by molar-refractivity contribution is -0.119. The van der Waals surface area contributed by atoms with E-state index in [1.54, 1.807) is 17.0 Å².